The molecular formula is C15H21NO3. The highest BCUT2D eigenvalue weighted by Crippen LogP contribution is 2.22. The highest BCUT2D eigenvalue weighted by Gasteiger charge is 2.15. The molecule has 0 aliphatic carbocycles. The number of nitrogens with one attached hydrogen (secondary N) is 1. The molecule has 1 amide bonds. The zero-order valence-electron chi connectivity index (χ0n) is 11.9. The van der Waals surface area contributed by atoms with Crippen molar-refractivity contribution in [3.8, 4) is 0 Å². The highest BCUT2D eigenvalue weighted by atomic mass is 16.4. The van der Waals surface area contributed by atoms with Crippen molar-refractivity contribution in [3.05, 3.63) is 35.4 Å². The standard InChI is InChI=1S/C15H21NO3/c1-10(14(18)19)16-13(17)9-11-5-7-12(8-6-11)15(2,3)4/h5-8,10H,9H2,1-4H3,(H,16,17)(H,18,19). The molecule has 19 heavy (non-hydrogen) atoms. The molecule has 0 aromatic heterocycles. The Hall–Kier alpha value is -1.84. The van der Waals surface area contributed by atoms with Crippen molar-refractivity contribution in [1.82, 2.24) is 5.32 Å². The minimum Gasteiger partial charge on any atom is -0.480 e. The van der Waals surface area contributed by atoms with Gasteiger partial charge in [0.05, 0.1) is 6.42 Å². The van der Waals surface area contributed by atoms with Crippen LogP contribution >= 0.6 is 0 Å². The van der Waals surface area contributed by atoms with Crippen molar-refractivity contribution in [2.45, 2.75) is 45.6 Å². The Morgan fingerprint density at radius 1 is 1.21 bits per heavy atom. The molecule has 4 nitrogen and oxygen atoms in total. The van der Waals surface area contributed by atoms with Crippen LogP contribution in [0.15, 0.2) is 24.3 Å². The molecule has 0 aliphatic heterocycles. The van der Waals surface area contributed by atoms with Gasteiger partial charge >= 0.3 is 5.97 Å². The first-order valence-corrected chi connectivity index (χ1v) is 6.32. The van der Waals surface area contributed by atoms with Gasteiger partial charge in [-0.25, -0.2) is 0 Å². The van der Waals surface area contributed by atoms with Crippen LogP contribution in [-0.4, -0.2) is 23.0 Å². The molecular weight excluding hydrogens is 242 g/mol. The summed E-state index contributed by atoms with van der Waals surface area (Å²) in [6.07, 6.45) is 0.196. The van der Waals surface area contributed by atoms with Crippen LogP contribution < -0.4 is 5.32 Å². The molecule has 1 unspecified atom stereocenters. The predicted octanol–water partition coefficient (Wildman–Crippen LogP) is 2.12. The fourth-order valence-electron chi connectivity index (χ4n) is 1.66. The molecule has 0 saturated carbocycles. The lowest BCUT2D eigenvalue weighted by atomic mass is 9.86. The zero-order chi connectivity index (χ0) is 14.6. The van der Waals surface area contributed by atoms with E-state index >= 15 is 0 Å². The Bertz CT molecular complexity index is 457. The number of benzene rings is 1. The van der Waals surface area contributed by atoms with Crippen molar-refractivity contribution in [3.63, 3.8) is 0 Å². The van der Waals surface area contributed by atoms with Gasteiger partial charge in [-0.15, -0.1) is 0 Å². The maximum absolute atomic E-state index is 11.6. The lowest BCUT2D eigenvalue weighted by molar-refractivity contribution is -0.141. The largest absolute Gasteiger partial charge is 0.480 e. The van der Waals surface area contributed by atoms with Crippen LogP contribution in [0.25, 0.3) is 0 Å². The van der Waals surface area contributed by atoms with Crippen LogP contribution in [0, 0.1) is 0 Å². The monoisotopic (exact) mass is 263 g/mol. The van der Waals surface area contributed by atoms with E-state index in [1.165, 1.54) is 12.5 Å². The van der Waals surface area contributed by atoms with E-state index in [2.05, 4.69) is 26.1 Å². The molecule has 0 aliphatic rings. The third-order valence-electron chi connectivity index (χ3n) is 2.93. The zero-order valence-corrected chi connectivity index (χ0v) is 11.9. The Morgan fingerprint density at radius 3 is 2.16 bits per heavy atom. The first kappa shape index (κ1) is 15.2. The average molecular weight is 263 g/mol. The maximum atomic E-state index is 11.6. The number of carbonyl (C=O) groups is 2. The van der Waals surface area contributed by atoms with Crippen molar-refractivity contribution >= 4 is 11.9 Å². The van der Waals surface area contributed by atoms with Gasteiger partial charge in [0.15, 0.2) is 0 Å². The van der Waals surface area contributed by atoms with Crippen LogP contribution in [-0.2, 0) is 21.4 Å². The third-order valence-corrected chi connectivity index (χ3v) is 2.93. The number of rotatable bonds is 4. The van der Waals surface area contributed by atoms with Gasteiger partial charge in [-0.3, -0.25) is 9.59 Å². The number of aliphatic carboxylic acids is 1. The topological polar surface area (TPSA) is 66.4 Å². The number of hydrogen-bond acceptors (Lipinski definition) is 2. The quantitative estimate of drug-likeness (QED) is 0.874. The summed E-state index contributed by atoms with van der Waals surface area (Å²) in [5, 5.41) is 11.1. The number of carboxylic acid groups (broad SMARTS) is 1. The highest BCUT2D eigenvalue weighted by molar-refractivity contribution is 5.84. The van der Waals surface area contributed by atoms with Crippen LogP contribution in [0.5, 0.6) is 0 Å². The van der Waals surface area contributed by atoms with Crippen LogP contribution in [0.1, 0.15) is 38.8 Å². The Balaban J connectivity index is 2.63. The summed E-state index contributed by atoms with van der Waals surface area (Å²) in [5.74, 6) is -1.31. The van der Waals surface area contributed by atoms with E-state index in [0.29, 0.717) is 0 Å². The van der Waals surface area contributed by atoms with Crippen LogP contribution in [0.4, 0.5) is 0 Å². The van der Waals surface area contributed by atoms with E-state index in [-0.39, 0.29) is 17.7 Å². The van der Waals surface area contributed by atoms with Crippen molar-refractivity contribution in [2.24, 2.45) is 0 Å². The minimum atomic E-state index is -1.03. The summed E-state index contributed by atoms with van der Waals surface area (Å²) in [6, 6.07) is 6.96. The molecule has 4 heteroatoms. The third kappa shape index (κ3) is 4.73. The van der Waals surface area contributed by atoms with Gasteiger partial charge < -0.3 is 10.4 Å². The summed E-state index contributed by atoms with van der Waals surface area (Å²) < 4.78 is 0. The molecule has 0 fully saturated rings. The Morgan fingerprint density at radius 2 is 1.74 bits per heavy atom. The first-order valence-electron chi connectivity index (χ1n) is 6.32. The molecule has 104 valence electrons. The lowest BCUT2D eigenvalue weighted by Gasteiger charge is -2.19. The summed E-state index contributed by atoms with van der Waals surface area (Å²) in [4.78, 5) is 22.3. The second kappa shape index (κ2) is 5.87. The molecule has 0 heterocycles. The molecule has 2 N–H and O–H groups in total. The van der Waals surface area contributed by atoms with Gasteiger partial charge in [0, 0.05) is 0 Å². The fraction of sp³-hybridized carbons (Fsp3) is 0.467. The van der Waals surface area contributed by atoms with Gasteiger partial charge in [-0.1, -0.05) is 45.0 Å². The molecule has 0 spiro atoms. The Kier molecular flexibility index (Phi) is 4.70. The Labute approximate surface area is 113 Å². The maximum Gasteiger partial charge on any atom is 0.325 e. The SMILES string of the molecule is CC(NC(=O)Cc1ccc(C(C)(C)C)cc1)C(=O)O. The van der Waals surface area contributed by atoms with E-state index in [4.69, 9.17) is 5.11 Å². The molecule has 1 aromatic rings. The molecule has 1 aromatic carbocycles. The van der Waals surface area contributed by atoms with E-state index in [1.54, 1.807) is 0 Å². The molecule has 1 rings (SSSR count). The minimum absolute atomic E-state index is 0.0820. The normalized spacial score (nSPS) is 12.8. The molecule has 0 bridgehead atoms. The number of amides is 1. The molecule has 0 radical (unpaired) electrons. The van der Waals surface area contributed by atoms with E-state index in [1.807, 2.05) is 24.3 Å². The first-order chi connectivity index (χ1) is 8.70. The number of carbonyl (C=O) groups excluding carboxylic acids is 1. The van der Waals surface area contributed by atoms with Gasteiger partial charge in [-0.05, 0) is 23.5 Å². The van der Waals surface area contributed by atoms with Gasteiger partial charge in [0.2, 0.25) is 5.91 Å². The second-order valence-electron chi connectivity index (χ2n) is 5.75. The van der Waals surface area contributed by atoms with E-state index < -0.39 is 12.0 Å². The van der Waals surface area contributed by atoms with Gasteiger partial charge in [0.25, 0.3) is 0 Å². The summed E-state index contributed by atoms with van der Waals surface area (Å²) in [6.45, 7) is 7.83. The smallest absolute Gasteiger partial charge is 0.325 e. The predicted molar refractivity (Wildman–Crippen MR) is 74.1 cm³/mol. The summed E-state index contributed by atoms with van der Waals surface area (Å²) >= 11 is 0. The van der Waals surface area contributed by atoms with Crippen molar-refractivity contribution < 1.29 is 14.7 Å². The second-order valence-corrected chi connectivity index (χ2v) is 5.75. The molecule has 1 atom stereocenters. The summed E-state index contributed by atoms with van der Waals surface area (Å²) in [7, 11) is 0. The fourth-order valence-corrected chi connectivity index (χ4v) is 1.66. The van der Waals surface area contributed by atoms with Crippen molar-refractivity contribution in [1.29, 1.82) is 0 Å². The number of carboxylic acids is 1. The van der Waals surface area contributed by atoms with Crippen LogP contribution in [0.3, 0.4) is 0 Å². The summed E-state index contributed by atoms with van der Waals surface area (Å²) in [5.41, 5.74) is 2.16. The van der Waals surface area contributed by atoms with Gasteiger partial charge in [-0.2, -0.15) is 0 Å². The van der Waals surface area contributed by atoms with E-state index in [9.17, 15) is 9.59 Å². The molecule has 0 saturated heterocycles. The van der Waals surface area contributed by atoms with Gasteiger partial charge in [0.1, 0.15) is 6.04 Å². The average Bonchev–Trinajstić information content (AvgIpc) is 2.28. The van der Waals surface area contributed by atoms with Crippen LogP contribution in [0.2, 0.25) is 0 Å². The van der Waals surface area contributed by atoms with Crippen molar-refractivity contribution in [2.75, 3.05) is 0 Å². The number of hydrogen-bond donors (Lipinski definition) is 2. The van der Waals surface area contributed by atoms with E-state index in [0.717, 1.165) is 5.56 Å². The lowest BCUT2D eigenvalue weighted by Crippen LogP contribution is -2.39.